The van der Waals surface area contributed by atoms with Crippen molar-refractivity contribution < 1.29 is 19.2 Å². The van der Waals surface area contributed by atoms with Gasteiger partial charge in [-0.2, -0.15) is 0 Å². The number of urea groups is 2. The highest BCUT2D eigenvalue weighted by atomic mass is 16.2. The summed E-state index contributed by atoms with van der Waals surface area (Å²) >= 11 is 0. The minimum Gasteiger partial charge on any atom is -0.335 e. The van der Waals surface area contributed by atoms with Gasteiger partial charge in [0.2, 0.25) is 5.91 Å². The van der Waals surface area contributed by atoms with Gasteiger partial charge in [0.25, 0.3) is 5.91 Å². The molecule has 2 heterocycles. The van der Waals surface area contributed by atoms with Gasteiger partial charge in [0.15, 0.2) is 0 Å². The lowest BCUT2D eigenvalue weighted by molar-refractivity contribution is -0.125. The molecule has 25 heavy (non-hydrogen) atoms. The molecule has 6 amide bonds. The van der Waals surface area contributed by atoms with Gasteiger partial charge < -0.3 is 10.2 Å². The SMILES string of the molecule is C[C@@H]1CCCC[C@@H]1NC(=O)NC(=O)CN1CCN2C(=O)NC(=O)[C@H]2C1. The molecular weight excluding hydrogens is 326 g/mol. The van der Waals surface area contributed by atoms with Crippen molar-refractivity contribution >= 4 is 23.9 Å². The van der Waals surface area contributed by atoms with E-state index in [0.29, 0.717) is 25.6 Å². The molecule has 3 N–H and O–H groups in total. The smallest absolute Gasteiger partial charge is 0.324 e. The summed E-state index contributed by atoms with van der Waals surface area (Å²) in [5.41, 5.74) is 0. The minimum absolute atomic E-state index is 0.0272. The predicted octanol–water partition coefficient (Wildman–Crippen LogP) is -0.373. The zero-order chi connectivity index (χ0) is 18.0. The Hall–Kier alpha value is -2.16. The maximum Gasteiger partial charge on any atom is 0.324 e. The topological polar surface area (TPSA) is 111 Å². The van der Waals surface area contributed by atoms with E-state index in [-0.39, 0.29) is 24.5 Å². The lowest BCUT2D eigenvalue weighted by atomic mass is 9.86. The largest absolute Gasteiger partial charge is 0.335 e. The molecule has 2 aliphatic heterocycles. The zero-order valence-electron chi connectivity index (χ0n) is 14.4. The number of nitrogens with zero attached hydrogens (tertiary/aromatic N) is 2. The molecule has 0 radical (unpaired) electrons. The van der Waals surface area contributed by atoms with Crippen molar-refractivity contribution in [1.82, 2.24) is 25.8 Å². The Morgan fingerprint density at radius 3 is 2.72 bits per heavy atom. The zero-order valence-corrected chi connectivity index (χ0v) is 14.4. The third-order valence-electron chi connectivity index (χ3n) is 5.31. The van der Waals surface area contributed by atoms with Crippen LogP contribution in [0.4, 0.5) is 9.59 Å². The number of carbonyl (C=O) groups is 4. The van der Waals surface area contributed by atoms with Gasteiger partial charge in [0.05, 0.1) is 6.54 Å². The monoisotopic (exact) mass is 351 g/mol. The Bertz CT molecular complexity index is 581. The fourth-order valence-electron chi connectivity index (χ4n) is 3.82. The van der Waals surface area contributed by atoms with Crippen LogP contribution in [-0.2, 0) is 9.59 Å². The third kappa shape index (κ3) is 4.09. The first-order valence-electron chi connectivity index (χ1n) is 8.88. The summed E-state index contributed by atoms with van der Waals surface area (Å²) < 4.78 is 0. The summed E-state index contributed by atoms with van der Waals surface area (Å²) in [5.74, 6) is -0.320. The van der Waals surface area contributed by atoms with Crippen molar-refractivity contribution in [2.45, 2.75) is 44.7 Å². The van der Waals surface area contributed by atoms with Crippen LogP contribution in [0.2, 0.25) is 0 Å². The van der Waals surface area contributed by atoms with Crippen LogP contribution in [0.25, 0.3) is 0 Å². The molecular formula is C16H25N5O4. The number of hydrogen-bond acceptors (Lipinski definition) is 5. The number of nitrogens with one attached hydrogen (secondary N) is 3. The van der Waals surface area contributed by atoms with E-state index in [0.717, 1.165) is 19.3 Å². The molecule has 0 aromatic rings. The van der Waals surface area contributed by atoms with E-state index in [2.05, 4.69) is 22.9 Å². The number of amides is 6. The van der Waals surface area contributed by atoms with Crippen molar-refractivity contribution in [1.29, 1.82) is 0 Å². The molecule has 3 atom stereocenters. The number of piperazine rings is 1. The van der Waals surface area contributed by atoms with Crippen LogP contribution < -0.4 is 16.0 Å². The Balaban J connectivity index is 1.44. The van der Waals surface area contributed by atoms with Crippen molar-refractivity contribution in [3.8, 4) is 0 Å². The second-order valence-corrected chi connectivity index (χ2v) is 7.13. The summed E-state index contributed by atoms with van der Waals surface area (Å²) in [6, 6.07) is -1.28. The lowest BCUT2D eigenvalue weighted by Crippen LogP contribution is -2.56. The van der Waals surface area contributed by atoms with Crippen LogP contribution in [0.15, 0.2) is 0 Å². The molecule has 1 saturated carbocycles. The molecule has 9 nitrogen and oxygen atoms in total. The molecule has 0 aromatic heterocycles. The van der Waals surface area contributed by atoms with E-state index in [1.807, 2.05) is 0 Å². The van der Waals surface area contributed by atoms with Gasteiger partial charge in [-0.1, -0.05) is 19.8 Å². The average molecular weight is 351 g/mol. The second kappa shape index (κ2) is 7.38. The number of rotatable bonds is 3. The van der Waals surface area contributed by atoms with E-state index < -0.39 is 18.0 Å². The molecule has 0 aromatic carbocycles. The Kier molecular flexibility index (Phi) is 5.22. The summed E-state index contributed by atoms with van der Waals surface area (Å²) in [6.45, 7) is 3.32. The maximum absolute atomic E-state index is 12.1. The summed E-state index contributed by atoms with van der Waals surface area (Å²) in [5, 5.41) is 7.51. The van der Waals surface area contributed by atoms with E-state index in [1.54, 1.807) is 4.90 Å². The van der Waals surface area contributed by atoms with Crippen LogP contribution in [0, 0.1) is 5.92 Å². The summed E-state index contributed by atoms with van der Waals surface area (Å²) in [7, 11) is 0. The quantitative estimate of drug-likeness (QED) is 0.601. The van der Waals surface area contributed by atoms with E-state index >= 15 is 0 Å². The molecule has 3 aliphatic rings. The first kappa shape index (κ1) is 17.7. The Morgan fingerprint density at radius 2 is 1.96 bits per heavy atom. The lowest BCUT2D eigenvalue weighted by Gasteiger charge is -2.34. The van der Waals surface area contributed by atoms with Gasteiger partial charge >= 0.3 is 12.1 Å². The molecule has 0 spiro atoms. The number of imide groups is 2. The Labute approximate surface area is 146 Å². The number of fused-ring (bicyclic) bond motifs is 1. The van der Waals surface area contributed by atoms with Gasteiger partial charge in [-0.15, -0.1) is 0 Å². The van der Waals surface area contributed by atoms with Gasteiger partial charge in [0, 0.05) is 25.7 Å². The Morgan fingerprint density at radius 1 is 1.20 bits per heavy atom. The van der Waals surface area contributed by atoms with Crippen LogP contribution in [0.3, 0.4) is 0 Å². The van der Waals surface area contributed by atoms with E-state index in [4.69, 9.17) is 0 Å². The van der Waals surface area contributed by atoms with Gasteiger partial charge in [-0.25, -0.2) is 9.59 Å². The molecule has 0 unspecified atom stereocenters. The van der Waals surface area contributed by atoms with E-state index in [1.165, 1.54) is 11.3 Å². The standard InChI is InChI=1S/C16H25N5O4/c1-10-4-2-3-5-11(10)17-15(24)18-13(22)9-20-6-7-21-12(8-20)14(23)19-16(21)25/h10-12H,2-9H2,1H3,(H,19,23,25)(H2,17,18,22,24)/t10-,11+,12-/m1/s1. The molecule has 138 valence electrons. The average Bonchev–Trinajstić information content (AvgIpc) is 2.83. The molecule has 3 fully saturated rings. The molecule has 0 bridgehead atoms. The summed E-state index contributed by atoms with van der Waals surface area (Å²) in [6.07, 6.45) is 4.31. The normalized spacial score (nSPS) is 29.8. The van der Waals surface area contributed by atoms with Gasteiger partial charge in [-0.3, -0.25) is 25.1 Å². The number of carbonyl (C=O) groups excluding carboxylic acids is 4. The van der Waals surface area contributed by atoms with Crippen molar-refractivity contribution in [2.75, 3.05) is 26.2 Å². The van der Waals surface area contributed by atoms with Crippen molar-refractivity contribution in [2.24, 2.45) is 5.92 Å². The van der Waals surface area contributed by atoms with Crippen LogP contribution >= 0.6 is 0 Å². The minimum atomic E-state index is -0.550. The van der Waals surface area contributed by atoms with Crippen LogP contribution in [0.1, 0.15) is 32.6 Å². The highest BCUT2D eigenvalue weighted by Crippen LogP contribution is 2.23. The maximum atomic E-state index is 12.1. The van der Waals surface area contributed by atoms with Crippen molar-refractivity contribution in [3.05, 3.63) is 0 Å². The molecule has 2 saturated heterocycles. The van der Waals surface area contributed by atoms with E-state index in [9.17, 15) is 19.2 Å². The fourth-order valence-corrected chi connectivity index (χ4v) is 3.82. The predicted molar refractivity (Wildman–Crippen MR) is 88.6 cm³/mol. The van der Waals surface area contributed by atoms with Gasteiger partial charge in [0.1, 0.15) is 6.04 Å². The van der Waals surface area contributed by atoms with Crippen LogP contribution in [0.5, 0.6) is 0 Å². The molecule has 3 rings (SSSR count). The third-order valence-corrected chi connectivity index (χ3v) is 5.31. The first-order valence-corrected chi connectivity index (χ1v) is 8.88. The highest BCUT2D eigenvalue weighted by molar-refractivity contribution is 6.04. The molecule has 1 aliphatic carbocycles. The number of hydrogen-bond donors (Lipinski definition) is 3. The second-order valence-electron chi connectivity index (χ2n) is 7.13. The molecule has 9 heteroatoms. The van der Waals surface area contributed by atoms with Crippen molar-refractivity contribution in [3.63, 3.8) is 0 Å². The van der Waals surface area contributed by atoms with Crippen LogP contribution in [-0.4, -0.2) is 71.9 Å². The highest BCUT2D eigenvalue weighted by Gasteiger charge is 2.42. The van der Waals surface area contributed by atoms with Gasteiger partial charge in [-0.05, 0) is 18.8 Å². The first-order chi connectivity index (χ1) is 11.9. The fraction of sp³-hybridized carbons (Fsp3) is 0.750. The summed E-state index contributed by atoms with van der Waals surface area (Å²) in [4.78, 5) is 50.6.